The van der Waals surface area contributed by atoms with E-state index in [2.05, 4.69) is 6.92 Å². The van der Waals surface area contributed by atoms with Gasteiger partial charge in [-0.25, -0.2) is 4.39 Å². The summed E-state index contributed by atoms with van der Waals surface area (Å²) in [5, 5.41) is 0. The summed E-state index contributed by atoms with van der Waals surface area (Å²) in [4.78, 5) is 0. The largest absolute Gasteiger partial charge is 0.372 e. The average molecular weight is 239 g/mol. The molecule has 0 aliphatic heterocycles. The van der Waals surface area contributed by atoms with Crippen LogP contribution in [0.3, 0.4) is 0 Å². The van der Waals surface area contributed by atoms with Crippen LogP contribution in [-0.4, -0.2) is 12.6 Å². The van der Waals surface area contributed by atoms with Crippen molar-refractivity contribution in [2.45, 2.75) is 45.3 Å². The molecule has 2 nitrogen and oxygen atoms in total. The summed E-state index contributed by atoms with van der Waals surface area (Å²) in [5.74, 6) is -0.238. The van der Waals surface area contributed by atoms with Crippen LogP contribution in [0.1, 0.15) is 44.8 Å². The maximum absolute atomic E-state index is 13.7. The van der Waals surface area contributed by atoms with Gasteiger partial charge >= 0.3 is 0 Å². The van der Waals surface area contributed by atoms with Gasteiger partial charge in [0, 0.05) is 18.2 Å². The Morgan fingerprint density at radius 3 is 2.59 bits per heavy atom. The van der Waals surface area contributed by atoms with Crippen molar-refractivity contribution in [1.82, 2.24) is 0 Å². The van der Waals surface area contributed by atoms with Crippen LogP contribution in [0.2, 0.25) is 0 Å². The molecule has 0 aliphatic carbocycles. The van der Waals surface area contributed by atoms with Gasteiger partial charge in [-0.05, 0) is 18.9 Å². The lowest BCUT2D eigenvalue weighted by molar-refractivity contribution is 0.0295. The van der Waals surface area contributed by atoms with E-state index in [1.54, 1.807) is 12.1 Å². The van der Waals surface area contributed by atoms with Crippen LogP contribution >= 0.6 is 0 Å². The molecule has 1 rings (SSSR count). The van der Waals surface area contributed by atoms with Gasteiger partial charge in [-0.1, -0.05) is 38.5 Å². The van der Waals surface area contributed by atoms with Gasteiger partial charge in [0.05, 0.1) is 0 Å². The molecule has 2 unspecified atom stereocenters. The van der Waals surface area contributed by atoms with Crippen LogP contribution in [-0.2, 0) is 4.74 Å². The predicted molar refractivity (Wildman–Crippen MR) is 68.3 cm³/mol. The quantitative estimate of drug-likeness (QED) is 0.740. The Morgan fingerprint density at radius 1 is 1.29 bits per heavy atom. The summed E-state index contributed by atoms with van der Waals surface area (Å²) in [6.07, 6.45) is 2.46. The summed E-state index contributed by atoms with van der Waals surface area (Å²) in [6.45, 7) is 4.71. The number of halogens is 1. The third kappa shape index (κ3) is 4.10. The first-order chi connectivity index (χ1) is 8.20. The molecule has 3 heteroatoms. The fraction of sp³-hybridized carbons (Fsp3) is 0.571. The Balaban J connectivity index is 2.79. The Kier molecular flexibility index (Phi) is 6.16. The molecular formula is C14H22FNO. The standard InChI is InChI=1S/C14H22FNO/c1-3-5-10-17-14(13(16)4-2)11-8-6-7-9-12(11)15/h6-9,13-14H,3-5,10,16H2,1-2H3. The van der Waals surface area contributed by atoms with Crippen molar-refractivity contribution in [2.75, 3.05) is 6.61 Å². The molecule has 0 amide bonds. The second kappa shape index (κ2) is 7.41. The summed E-state index contributed by atoms with van der Waals surface area (Å²) in [6, 6.07) is 6.54. The van der Waals surface area contributed by atoms with E-state index in [0.29, 0.717) is 12.2 Å². The highest BCUT2D eigenvalue weighted by Crippen LogP contribution is 2.24. The summed E-state index contributed by atoms with van der Waals surface area (Å²) < 4.78 is 19.4. The SMILES string of the molecule is CCCCOC(c1ccccc1F)C(N)CC. The third-order valence-corrected chi connectivity index (χ3v) is 2.87. The second-order valence-electron chi connectivity index (χ2n) is 4.24. The molecule has 2 atom stereocenters. The number of hydrogen-bond donors (Lipinski definition) is 1. The van der Waals surface area contributed by atoms with Crippen molar-refractivity contribution in [3.05, 3.63) is 35.6 Å². The molecule has 1 aromatic rings. The molecule has 96 valence electrons. The molecule has 0 radical (unpaired) electrons. The molecule has 17 heavy (non-hydrogen) atoms. The van der Waals surface area contributed by atoms with Gasteiger partial charge in [-0.2, -0.15) is 0 Å². The highest BCUT2D eigenvalue weighted by molar-refractivity contribution is 5.21. The molecular weight excluding hydrogens is 217 g/mol. The third-order valence-electron chi connectivity index (χ3n) is 2.87. The van der Waals surface area contributed by atoms with Crippen molar-refractivity contribution in [1.29, 1.82) is 0 Å². The fourth-order valence-electron chi connectivity index (χ4n) is 1.72. The zero-order chi connectivity index (χ0) is 12.7. The molecule has 0 aromatic heterocycles. The topological polar surface area (TPSA) is 35.2 Å². The summed E-state index contributed by atoms with van der Waals surface area (Å²) >= 11 is 0. The molecule has 0 saturated heterocycles. The molecule has 0 saturated carbocycles. The van der Waals surface area contributed by atoms with Gasteiger partial charge in [0.1, 0.15) is 11.9 Å². The van der Waals surface area contributed by atoms with Crippen LogP contribution in [0, 0.1) is 5.82 Å². The van der Waals surface area contributed by atoms with E-state index in [0.717, 1.165) is 19.3 Å². The molecule has 0 fully saturated rings. The lowest BCUT2D eigenvalue weighted by atomic mass is 10.0. The molecule has 0 bridgehead atoms. The van der Waals surface area contributed by atoms with Gasteiger partial charge in [0.25, 0.3) is 0 Å². The van der Waals surface area contributed by atoms with E-state index in [9.17, 15) is 4.39 Å². The lowest BCUT2D eigenvalue weighted by Crippen LogP contribution is -2.30. The van der Waals surface area contributed by atoms with Crippen LogP contribution in [0.5, 0.6) is 0 Å². The smallest absolute Gasteiger partial charge is 0.129 e. The minimum absolute atomic E-state index is 0.163. The van der Waals surface area contributed by atoms with Gasteiger partial charge in [0.2, 0.25) is 0 Å². The van der Waals surface area contributed by atoms with Gasteiger partial charge in [-0.15, -0.1) is 0 Å². The van der Waals surface area contributed by atoms with Crippen LogP contribution < -0.4 is 5.73 Å². The van der Waals surface area contributed by atoms with Gasteiger partial charge in [-0.3, -0.25) is 0 Å². The predicted octanol–water partition coefficient (Wildman–Crippen LogP) is 3.42. The monoisotopic (exact) mass is 239 g/mol. The second-order valence-corrected chi connectivity index (χ2v) is 4.24. The summed E-state index contributed by atoms with van der Waals surface area (Å²) in [5.41, 5.74) is 6.58. The maximum Gasteiger partial charge on any atom is 0.129 e. The number of ether oxygens (including phenoxy) is 1. The average Bonchev–Trinajstić information content (AvgIpc) is 2.35. The van der Waals surface area contributed by atoms with Crippen molar-refractivity contribution < 1.29 is 9.13 Å². The minimum atomic E-state index is -0.340. The van der Waals surface area contributed by atoms with E-state index >= 15 is 0 Å². The fourth-order valence-corrected chi connectivity index (χ4v) is 1.72. The molecule has 2 N–H and O–H groups in total. The first kappa shape index (κ1) is 14.1. The normalized spacial score (nSPS) is 14.6. The van der Waals surface area contributed by atoms with Gasteiger partial charge in [0.15, 0.2) is 0 Å². The number of nitrogens with two attached hydrogens (primary N) is 1. The molecule has 1 aromatic carbocycles. The first-order valence-corrected chi connectivity index (χ1v) is 6.32. The van der Waals surface area contributed by atoms with E-state index in [1.165, 1.54) is 6.07 Å². The minimum Gasteiger partial charge on any atom is -0.372 e. The number of rotatable bonds is 7. The maximum atomic E-state index is 13.7. The first-order valence-electron chi connectivity index (χ1n) is 6.32. The Bertz CT molecular complexity index is 330. The highest BCUT2D eigenvalue weighted by Gasteiger charge is 2.21. The Hall–Kier alpha value is -0.930. The van der Waals surface area contributed by atoms with Crippen molar-refractivity contribution in [3.8, 4) is 0 Å². The van der Waals surface area contributed by atoms with E-state index in [-0.39, 0.29) is 18.0 Å². The number of unbranched alkanes of at least 4 members (excludes halogenated alkanes) is 1. The van der Waals surface area contributed by atoms with E-state index < -0.39 is 0 Å². The van der Waals surface area contributed by atoms with Crippen LogP contribution in [0.25, 0.3) is 0 Å². The van der Waals surface area contributed by atoms with Gasteiger partial charge < -0.3 is 10.5 Å². The lowest BCUT2D eigenvalue weighted by Gasteiger charge is -2.24. The van der Waals surface area contributed by atoms with Crippen molar-refractivity contribution in [2.24, 2.45) is 5.73 Å². The number of benzene rings is 1. The Morgan fingerprint density at radius 2 is 2.00 bits per heavy atom. The molecule has 0 heterocycles. The van der Waals surface area contributed by atoms with Crippen molar-refractivity contribution in [3.63, 3.8) is 0 Å². The summed E-state index contributed by atoms with van der Waals surface area (Å²) in [7, 11) is 0. The van der Waals surface area contributed by atoms with E-state index in [1.807, 2.05) is 13.0 Å². The zero-order valence-electron chi connectivity index (χ0n) is 10.7. The Labute approximate surface area is 103 Å². The molecule has 0 spiro atoms. The zero-order valence-corrected chi connectivity index (χ0v) is 10.7. The van der Waals surface area contributed by atoms with Crippen LogP contribution in [0.15, 0.2) is 24.3 Å². The van der Waals surface area contributed by atoms with Crippen LogP contribution in [0.4, 0.5) is 4.39 Å². The molecule has 0 aliphatic rings. The number of hydrogen-bond acceptors (Lipinski definition) is 2. The van der Waals surface area contributed by atoms with E-state index in [4.69, 9.17) is 10.5 Å². The highest BCUT2D eigenvalue weighted by atomic mass is 19.1. The van der Waals surface area contributed by atoms with Crippen molar-refractivity contribution >= 4 is 0 Å².